The van der Waals surface area contributed by atoms with Crippen LogP contribution in [0.2, 0.25) is 0 Å². The average molecular weight is 344 g/mol. The van der Waals surface area contributed by atoms with Crippen LogP contribution in [0.3, 0.4) is 0 Å². The zero-order chi connectivity index (χ0) is 18.4. The number of hydrogen-bond acceptors (Lipinski definition) is 3. The molecule has 0 aliphatic heterocycles. The van der Waals surface area contributed by atoms with Gasteiger partial charge in [0.15, 0.2) is 17.3 Å². The second-order valence-corrected chi connectivity index (χ2v) is 5.76. The lowest BCUT2D eigenvalue weighted by atomic mass is 10.0. The highest BCUT2D eigenvalue weighted by Crippen LogP contribution is 2.28. The molecule has 0 heterocycles. The maximum Gasteiger partial charge on any atom is 0.185 e. The van der Waals surface area contributed by atoms with Gasteiger partial charge in [-0.25, -0.2) is 0 Å². The molecular weight excluding hydrogens is 324 g/mol. The van der Waals surface area contributed by atoms with Crippen LogP contribution in [0.5, 0.6) is 11.5 Å². The summed E-state index contributed by atoms with van der Waals surface area (Å²) in [7, 11) is 3.18. The summed E-state index contributed by atoms with van der Waals surface area (Å²) in [6.07, 6.45) is 3.34. The lowest BCUT2D eigenvalue weighted by Crippen LogP contribution is -1.94. The summed E-state index contributed by atoms with van der Waals surface area (Å²) < 4.78 is 10.5. The van der Waals surface area contributed by atoms with Crippen molar-refractivity contribution in [2.45, 2.75) is 0 Å². The standard InChI is InChI=1S/C23H20O3/c1-25-22-15-9-17(16-23(22)26-2)8-14-21(24)20-12-10-19(11-13-20)18-6-4-3-5-7-18/h3-16H,1-2H3. The molecule has 0 saturated heterocycles. The molecule has 0 aromatic heterocycles. The molecule has 3 aromatic rings. The molecule has 0 amide bonds. The zero-order valence-electron chi connectivity index (χ0n) is 14.8. The van der Waals surface area contributed by atoms with Crippen LogP contribution < -0.4 is 9.47 Å². The van der Waals surface area contributed by atoms with Crippen LogP contribution in [-0.2, 0) is 0 Å². The van der Waals surface area contributed by atoms with Crippen LogP contribution in [0.15, 0.2) is 78.9 Å². The van der Waals surface area contributed by atoms with E-state index in [4.69, 9.17) is 9.47 Å². The zero-order valence-corrected chi connectivity index (χ0v) is 14.8. The minimum absolute atomic E-state index is 0.0422. The Labute approximate surface area is 153 Å². The highest BCUT2D eigenvalue weighted by molar-refractivity contribution is 6.07. The fourth-order valence-corrected chi connectivity index (χ4v) is 2.68. The van der Waals surface area contributed by atoms with E-state index in [-0.39, 0.29) is 5.78 Å². The molecule has 130 valence electrons. The van der Waals surface area contributed by atoms with Crippen LogP contribution in [0.1, 0.15) is 15.9 Å². The quantitative estimate of drug-likeness (QED) is 0.451. The van der Waals surface area contributed by atoms with Crippen molar-refractivity contribution in [2.24, 2.45) is 0 Å². The van der Waals surface area contributed by atoms with Crippen LogP contribution >= 0.6 is 0 Å². The first-order valence-corrected chi connectivity index (χ1v) is 8.31. The maximum absolute atomic E-state index is 12.4. The predicted molar refractivity (Wildman–Crippen MR) is 105 cm³/mol. The van der Waals surface area contributed by atoms with Gasteiger partial charge in [-0.05, 0) is 34.9 Å². The van der Waals surface area contributed by atoms with Crippen LogP contribution in [0, 0.1) is 0 Å². The maximum atomic E-state index is 12.4. The Hall–Kier alpha value is -3.33. The number of methoxy groups -OCH3 is 2. The number of hydrogen-bond donors (Lipinski definition) is 0. The van der Waals surface area contributed by atoms with Crippen molar-refractivity contribution in [3.8, 4) is 22.6 Å². The third-order valence-electron chi connectivity index (χ3n) is 4.11. The molecule has 0 aliphatic rings. The van der Waals surface area contributed by atoms with Crippen LogP contribution in [0.4, 0.5) is 0 Å². The Morgan fingerprint density at radius 2 is 1.42 bits per heavy atom. The van der Waals surface area contributed by atoms with Gasteiger partial charge in [0.1, 0.15) is 0 Å². The molecule has 3 rings (SSSR count). The molecule has 0 radical (unpaired) electrons. The van der Waals surface area contributed by atoms with Gasteiger partial charge in [0.05, 0.1) is 14.2 Å². The number of carbonyl (C=O) groups excluding carboxylic acids is 1. The van der Waals surface area contributed by atoms with Gasteiger partial charge in [0.2, 0.25) is 0 Å². The van der Waals surface area contributed by atoms with Gasteiger partial charge in [-0.1, -0.05) is 66.7 Å². The smallest absolute Gasteiger partial charge is 0.185 e. The fourth-order valence-electron chi connectivity index (χ4n) is 2.68. The third kappa shape index (κ3) is 4.01. The Kier molecular flexibility index (Phi) is 5.49. The summed E-state index contributed by atoms with van der Waals surface area (Å²) in [6, 6.07) is 23.2. The minimum Gasteiger partial charge on any atom is -0.493 e. The van der Waals surface area contributed by atoms with E-state index in [2.05, 4.69) is 0 Å². The molecule has 0 fully saturated rings. The summed E-state index contributed by atoms with van der Waals surface area (Å²) in [6.45, 7) is 0. The fraction of sp³-hybridized carbons (Fsp3) is 0.0870. The second kappa shape index (κ2) is 8.17. The first-order valence-electron chi connectivity index (χ1n) is 8.31. The molecule has 0 bridgehead atoms. The second-order valence-electron chi connectivity index (χ2n) is 5.76. The first kappa shape index (κ1) is 17.5. The number of carbonyl (C=O) groups is 1. The molecule has 0 unspecified atom stereocenters. The van der Waals surface area contributed by atoms with Crippen molar-refractivity contribution in [3.63, 3.8) is 0 Å². The van der Waals surface area contributed by atoms with E-state index in [0.29, 0.717) is 17.1 Å². The van der Waals surface area contributed by atoms with Crippen molar-refractivity contribution < 1.29 is 14.3 Å². The van der Waals surface area contributed by atoms with E-state index in [9.17, 15) is 4.79 Å². The molecule has 3 heteroatoms. The van der Waals surface area contributed by atoms with Gasteiger partial charge in [-0.2, -0.15) is 0 Å². The monoisotopic (exact) mass is 344 g/mol. The van der Waals surface area contributed by atoms with Crippen molar-refractivity contribution >= 4 is 11.9 Å². The van der Waals surface area contributed by atoms with Gasteiger partial charge in [0.25, 0.3) is 0 Å². The van der Waals surface area contributed by atoms with Gasteiger partial charge in [0, 0.05) is 5.56 Å². The Balaban J connectivity index is 1.74. The largest absolute Gasteiger partial charge is 0.493 e. The number of ether oxygens (including phenoxy) is 2. The Morgan fingerprint density at radius 3 is 2.08 bits per heavy atom. The topological polar surface area (TPSA) is 35.5 Å². The van der Waals surface area contributed by atoms with Crippen molar-refractivity contribution in [1.82, 2.24) is 0 Å². The average Bonchev–Trinajstić information content (AvgIpc) is 2.72. The normalized spacial score (nSPS) is 10.7. The van der Waals surface area contributed by atoms with E-state index in [1.54, 1.807) is 26.4 Å². The number of benzene rings is 3. The third-order valence-corrected chi connectivity index (χ3v) is 4.11. The molecule has 26 heavy (non-hydrogen) atoms. The summed E-state index contributed by atoms with van der Waals surface area (Å²) in [4.78, 5) is 12.4. The van der Waals surface area contributed by atoms with Crippen molar-refractivity contribution in [1.29, 1.82) is 0 Å². The van der Waals surface area contributed by atoms with E-state index >= 15 is 0 Å². The molecule has 0 spiro atoms. The van der Waals surface area contributed by atoms with E-state index in [1.165, 1.54) is 0 Å². The predicted octanol–water partition coefficient (Wildman–Crippen LogP) is 5.27. The highest BCUT2D eigenvalue weighted by atomic mass is 16.5. The SMILES string of the molecule is COc1ccc(C=CC(=O)c2ccc(-c3ccccc3)cc2)cc1OC. The molecule has 0 saturated carbocycles. The lowest BCUT2D eigenvalue weighted by molar-refractivity contribution is 0.104. The molecule has 3 aromatic carbocycles. The summed E-state index contributed by atoms with van der Waals surface area (Å²) in [5.74, 6) is 1.25. The molecule has 3 nitrogen and oxygen atoms in total. The van der Waals surface area contributed by atoms with E-state index in [0.717, 1.165) is 16.7 Å². The van der Waals surface area contributed by atoms with Crippen LogP contribution in [-0.4, -0.2) is 20.0 Å². The lowest BCUT2D eigenvalue weighted by Gasteiger charge is -2.07. The van der Waals surface area contributed by atoms with Crippen molar-refractivity contribution in [2.75, 3.05) is 14.2 Å². The van der Waals surface area contributed by atoms with Crippen molar-refractivity contribution in [3.05, 3.63) is 90.0 Å². The summed E-state index contributed by atoms with van der Waals surface area (Å²) in [5, 5.41) is 0. The van der Waals surface area contributed by atoms with Gasteiger partial charge in [-0.3, -0.25) is 4.79 Å². The number of rotatable bonds is 6. The van der Waals surface area contributed by atoms with E-state index < -0.39 is 0 Å². The summed E-state index contributed by atoms with van der Waals surface area (Å²) in [5.41, 5.74) is 3.75. The molecule has 0 aliphatic carbocycles. The minimum atomic E-state index is -0.0422. The number of ketones is 1. The van der Waals surface area contributed by atoms with Gasteiger partial charge >= 0.3 is 0 Å². The highest BCUT2D eigenvalue weighted by Gasteiger charge is 2.05. The Bertz CT molecular complexity index is 910. The van der Waals surface area contributed by atoms with E-state index in [1.807, 2.05) is 72.8 Å². The molecule has 0 atom stereocenters. The van der Waals surface area contributed by atoms with Crippen LogP contribution in [0.25, 0.3) is 17.2 Å². The van der Waals surface area contributed by atoms with Gasteiger partial charge < -0.3 is 9.47 Å². The van der Waals surface area contributed by atoms with Gasteiger partial charge in [-0.15, -0.1) is 0 Å². The molecule has 0 N–H and O–H groups in total. The summed E-state index contributed by atoms with van der Waals surface area (Å²) >= 11 is 0. The first-order chi connectivity index (χ1) is 12.7. The Morgan fingerprint density at radius 1 is 0.769 bits per heavy atom. The number of allylic oxidation sites excluding steroid dienone is 1. The molecular formula is C23H20O3.